The molecule has 144 valence electrons. The van der Waals surface area contributed by atoms with Crippen LogP contribution in [0, 0.1) is 13.7 Å². The Kier molecular flexibility index (Phi) is 7.60. The molecule has 0 saturated heterocycles. The second-order valence-corrected chi connectivity index (χ2v) is 7.48. The number of halogens is 1. The summed E-state index contributed by atoms with van der Waals surface area (Å²) < 4.78 is 15.4. The van der Waals surface area contributed by atoms with Crippen LogP contribution in [0.25, 0.3) is 0 Å². The molecule has 0 fully saturated rings. The van der Waals surface area contributed by atoms with E-state index in [-0.39, 0.29) is 17.9 Å². The molecule has 10 heteroatoms. The van der Waals surface area contributed by atoms with E-state index in [1.165, 1.54) is 20.3 Å². The van der Waals surface area contributed by atoms with E-state index >= 15 is 0 Å². The van der Waals surface area contributed by atoms with E-state index in [9.17, 15) is 19.7 Å². The molecular formula is C16H21IN2O7. The molecule has 0 aromatic heterocycles. The van der Waals surface area contributed by atoms with Gasteiger partial charge in [0.05, 0.1) is 22.7 Å². The minimum Gasteiger partial charge on any atom is -0.489 e. The molecule has 1 aromatic carbocycles. The predicted molar refractivity (Wildman–Crippen MR) is 101 cm³/mol. The summed E-state index contributed by atoms with van der Waals surface area (Å²) in [4.78, 5) is 34.6. The zero-order chi connectivity index (χ0) is 20.1. The Hall–Kier alpha value is -2.11. The number of amides is 1. The van der Waals surface area contributed by atoms with Gasteiger partial charge in [-0.3, -0.25) is 10.1 Å². The highest BCUT2D eigenvalue weighted by atomic mass is 127. The summed E-state index contributed by atoms with van der Waals surface area (Å²) in [6.07, 6.45) is -0.794. The lowest BCUT2D eigenvalue weighted by Crippen LogP contribution is -2.45. The topological polar surface area (TPSA) is 117 Å². The van der Waals surface area contributed by atoms with E-state index in [1.54, 1.807) is 26.8 Å². The normalized spacial score (nSPS) is 12.1. The molecule has 0 spiro atoms. The number of benzene rings is 1. The third-order valence-electron chi connectivity index (χ3n) is 3.10. The van der Waals surface area contributed by atoms with Crippen LogP contribution in [0.1, 0.15) is 26.3 Å². The van der Waals surface area contributed by atoms with Gasteiger partial charge in [0.2, 0.25) is 5.75 Å². The third-order valence-corrected chi connectivity index (χ3v) is 3.90. The number of nitrogens with one attached hydrogen (secondary N) is 1. The smallest absolute Gasteiger partial charge is 0.408 e. The predicted octanol–water partition coefficient (Wildman–Crippen LogP) is 2.82. The first kappa shape index (κ1) is 21.9. The van der Waals surface area contributed by atoms with Gasteiger partial charge in [-0.05, 0) is 55.0 Å². The van der Waals surface area contributed by atoms with Gasteiger partial charge in [-0.1, -0.05) is 0 Å². The number of hydrogen-bond donors (Lipinski definition) is 1. The number of rotatable bonds is 6. The highest BCUT2D eigenvalue weighted by Crippen LogP contribution is 2.33. The van der Waals surface area contributed by atoms with E-state index in [0.29, 0.717) is 9.13 Å². The number of methoxy groups -OCH3 is 2. The first-order valence-corrected chi connectivity index (χ1v) is 8.64. The highest BCUT2D eigenvalue weighted by Gasteiger charge is 2.27. The zero-order valence-electron chi connectivity index (χ0n) is 15.1. The quantitative estimate of drug-likeness (QED) is 0.288. The molecule has 0 radical (unpaired) electrons. The van der Waals surface area contributed by atoms with Crippen LogP contribution in [0.4, 0.5) is 10.5 Å². The minimum atomic E-state index is -1.06. The van der Waals surface area contributed by atoms with Crippen molar-refractivity contribution < 1.29 is 28.7 Å². The van der Waals surface area contributed by atoms with E-state index in [0.717, 1.165) is 0 Å². The van der Waals surface area contributed by atoms with Gasteiger partial charge in [0.25, 0.3) is 0 Å². The summed E-state index contributed by atoms with van der Waals surface area (Å²) in [6.45, 7) is 5.07. The van der Waals surface area contributed by atoms with E-state index in [2.05, 4.69) is 5.32 Å². The monoisotopic (exact) mass is 480 g/mol. The van der Waals surface area contributed by atoms with Crippen molar-refractivity contribution in [1.29, 1.82) is 0 Å². The number of carbonyl (C=O) groups excluding carboxylic acids is 2. The summed E-state index contributed by atoms with van der Waals surface area (Å²) in [5.74, 6) is -0.557. The van der Waals surface area contributed by atoms with Crippen LogP contribution in [-0.4, -0.2) is 42.8 Å². The van der Waals surface area contributed by atoms with Gasteiger partial charge >= 0.3 is 17.7 Å². The number of carbonyl (C=O) groups is 2. The molecule has 9 nitrogen and oxygen atoms in total. The number of hydrogen-bond acceptors (Lipinski definition) is 7. The molecule has 26 heavy (non-hydrogen) atoms. The molecule has 0 heterocycles. The Bertz CT molecular complexity index is 701. The van der Waals surface area contributed by atoms with Gasteiger partial charge in [0.15, 0.2) is 0 Å². The average Bonchev–Trinajstić information content (AvgIpc) is 2.51. The fraction of sp³-hybridized carbons (Fsp3) is 0.500. The molecule has 0 bridgehead atoms. The average molecular weight is 480 g/mol. The lowest BCUT2D eigenvalue weighted by molar-refractivity contribution is -0.385. The fourth-order valence-corrected chi connectivity index (χ4v) is 3.01. The number of ether oxygens (including phenoxy) is 3. The van der Waals surface area contributed by atoms with Crippen LogP contribution in [0.5, 0.6) is 5.75 Å². The van der Waals surface area contributed by atoms with Crippen molar-refractivity contribution in [2.45, 2.75) is 38.8 Å². The summed E-state index contributed by atoms with van der Waals surface area (Å²) in [7, 11) is 2.53. The largest absolute Gasteiger partial charge is 0.489 e. The van der Waals surface area contributed by atoms with Gasteiger partial charge in [-0.25, -0.2) is 9.59 Å². The first-order chi connectivity index (χ1) is 12.0. The first-order valence-electron chi connectivity index (χ1n) is 7.56. The Morgan fingerprint density at radius 2 is 1.92 bits per heavy atom. The van der Waals surface area contributed by atoms with Crippen LogP contribution in [-0.2, 0) is 20.7 Å². The molecule has 1 rings (SSSR count). The summed E-state index contributed by atoms with van der Waals surface area (Å²) in [5.41, 5.74) is -0.498. The molecule has 0 saturated carbocycles. The maximum absolute atomic E-state index is 12.0. The van der Waals surface area contributed by atoms with Crippen LogP contribution in [0.15, 0.2) is 12.1 Å². The highest BCUT2D eigenvalue weighted by molar-refractivity contribution is 14.1. The number of nitro groups is 1. The van der Waals surface area contributed by atoms with Crippen molar-refractivity contribution in [2.24, 2.45) is 0 Å². The van der Waals surface area contributed by atoms with Crippen molar-refractivity contribution in [3.63, 3.8) is 0 Å². The summed E-state index contributed by atoms with van der Waals surface area (Å²) in [6, 6.07) is 1.88. The Morgan fingerprint density at radius 3 is 2.38 bits per heavy atom. The van der Waals surface area contributed by atoms with Crippen molar-refractivity contribution >= 4 is 40.3 Å². The van der Waals surface area contributed by atoms with Crippen molar-refractivity contribution in [3.05, 3.63) is 31.4 Å². The Balaban J connectivity index is 3.10. The van der Waals surface area contributed by atoms with Gasteiger partial charge in [-0.15, -0.1) is 0 Å². The lowest BCUT2D eigenvalue weighted by Gasteiger charge is -2.22. The number of alkyl carbamates (subject to hydrolysis) is 1. The molecule has 1 N–H and O–H groups in total. The molecule has 0 aliphatic rings. The molecule has 0 aliphatic carbocycles. The maximum Gasteiger partial charge on any atom is 0.408 e. The lowest BCUT2D eigenvalue weighted by atomic mass is 10.0. The van der Waals surface area contributed by atoms with Crippen molar-refractivity contribution in [1.82, 2.24) is 5.32 Å². The van der Waals surface area contributed by atoms with Crippen molar-refractivity contribution in [2.75, 3.05) is 14.2 Å². The fourth-order valence-electron chi connectivity index (χ4n) is 2.11. The second kappa shape index (κ2) is 9.01. The molecule has 1 aromatic rings. The molecule has 1 amide bonds. The third kappa shape index (κ3) is 6.32. The van der Waals surface area contributed by atoms with Crippen molar-refractivity contribution in [3.8, 4) is 5.75 Å². The van der Waals surface area contributed by atoms with Crippen LogP contribution in [0.3, 0.4) is 0 Å². The molecule has 0 aliphatic heterocycles. The van der Waals surface area contributed by atoms with Crippen LogP contribution >= 0.6 is 22.6 Å². The van der Waals surface area contributed by atoms with Gasteiger partial charge in [0.1, 0.15) is 11.6 Å². The van der Waals surface area contributed by atoms with Gasteiger partial charge in [0, 0.05) is 12.5 Å². The summed E-state index contributed by atoms with van der Waals surface area (Å²) in [5, 5.41) is 13.7. The number of esters is 1. The standard InChI is InChI=1S/C16H21IN2O7/c1-16(2,3)26-15(21)18-11(14(20)25-5)7-9-6-10(17)13(24-4)12(8-9)19(22)23/h6,8,11H,7H2,1-5H3,(H,18,21). The van der Waals surface area contributed by atoms with E-state index in [1.807, 2.05) is 22.6 Å². The summed E-state index contributed by atoms with van der Waals surface area (Å²) >= 11 is 1.90. The second-order valence-electron chi connectivity index (χ2n) is 6.31. The zero-order valence-corrected chi connectivity index (χ0v) is 17.3. The maximum atomic E-state index is 12.0. The Morgan fingerprint density at radius 1 is 1.31 bits per heavy atom. The van der Waals surface area contributed by atoms with E-state index < -0.39 is 28.6 Å². The minimum absolute atomic E-state index is 0.00719. The van der Waals surface area contributed by atoms with Gasteiger partial charge in [-0.2, -0.15) is 0 Å². The Labute approximate surface area is 164 Å². The van der Waals surface area contributed by atoms with E-state index in [4.69, 9.17) is 14.2 Å². The molecule has 1 unspecified atom stereocenters. The number of nitro benzene ring substituents is 1. The SMILES string of the molecule is COC(=O)C(Cc1cc(I)c(OC)c([N+](=O)[O-])c1)NC(=O)OC(C)(C)C. The van der Waals surface area contributed by atoms with Crippen LogP contribution < -0.4 is 10.1 Å². The molecule has 1 atom stereocenters. The molecular weight excluding hydrogens is 459 g/mol. The van der Waals surface area contributed by atoms with Gasteiger partial charge < -0.3 is 19.5 Å². The van der Waals surface area contributed by atoms with Crippen LogP contribution in [0.2, 0.25) is 0 Å². The number of nitrogens with zero attached hydrogens (tertiary/aromatic N) is 1.